The maximum Gasteiger partial charge on any atom is 0.254 e. The van der Waals surface area contributed by atoms with E-state index in [9.17, 15) is 14.4 Å². The van der Waals surface area contributed by atoms with Crippen LogP contribution in [0.1, 0.15) is 62.7 Å². The van der Waals surface area contributed by atoms with Crippen molar-refractivity contribution in [2.75, 3.05) is 32.8 Å². The third kappa shape index (κ3) is 5.82. The van der Waals surface area contributed by atoms with Crippen LogP contribution in [0.15, 0.2) is 30.3 Å². The van der Waals surface area contributed by atoms with Crippen molar-refractivity contribution in [3.8, 4) is 5.75 Å². The molecule has 1 fully saturated rings. The number of ether oxygens (including phenoxy) is 1. The predicted octanol–water partition coefficient (Wildman–Crippen LogP) is 2.40. The first kappa shape index (κ1) is 24.7. The highest BCUT2D eigenvalue weighted by Crippen LogP contribution is 2.29. The topological polar surface area (TPSA) is 105 Å². The van der Waals surface area contributed by atoms with E-state index in [-0.39, 0.29) is 11.8 Å². The number of nitrogens with two attached hydrogens (primary N) is 1. The van der Waals surface area contributed by atoms with E-state index in [0.29, 0.717) is 50.5 Å². The fourth-order valence-electron chi connectivity index (χ4n) is 4.74. The SMILES string of the molecule is CCCCc1cc(C(=O)N2Cc3ccc(OCCN4CCNC(=O)C4)cc3C2)cc(C(N)=O)c1C. The monoisotopic (exact) mass is 478 g/mol. The van der Waals surface area contributed by atoms with Gasteiger partial charge in [-0.15, -0.1) is 0 Å². The van der Waals surface area contributed by atoms with Gasteiger partial charge in [-0.3, -0.25) is 19.3 Å². The minimum atomic E-state index is -0.508. The first-order valence-electron chi connectivity index (χ1n) is 12.3. The van der Waals surface area contributed by atoms with Crippen molar-refractivity contribution in [2.24, 2.45) is 5.73 Å². The number of amides is 3. The number of aryl methyl sites for hydroxylation is 1. The Morgan fingerprint density at radius 1 is 1.11 bits per heavy atom. The van der Waals surface area contributed by atoms with Crippen LogP contribution < -0.4 is 15.8 Å². The number of hydrogen-bond acceptors (Lipinski definition) is 5. The summed E-state index contributed by atoms with van der Waals surface area (Å²) in [5, 5.41) is 2.82. The molecule has 2 aliphatic rings. The van der Waals surface area contributed by atoms with Gasteiger partial charge in [0.25, 0.3) is 5.91 Å². The van der Waals surface area contributed by atoms with Gasteiger partial charge in [0, 0.05) is 43.9 Å². The molecule has 8 heteroatoms. The van der Waals surface area contributed by atoms with E-state index < -0.39 is 5.91 Å². The largest absolute Gasteiger partial charge is 0.492 e. The Bertz CT molecular complexity index is 1130. The molecule has 0 bridgehead atoms. The van der Waals surface area contributed by atoms with Crippen molar-refractivity contribution in [1.82, 2.24) is 15.1 Å². The molecule has 3 N–H and O–H groups in total. The molecule has 35 heavy (non-hydrogen) atoms. The van der Waals surface area contributed by atoms with Gasteiger partial charge in [-0.05, 0) is 66.3 Å². The van der Waals surface area contributed by atoms with E-state index >= 15 is 0 Å². The summed E-state index contributed by atoms with van der Waals surface area (Å²) < 4.78 is 5.93. The van der Waals surface area contributed by atoms with Gasteiger partial charge >= 0.3 is 0 Å². The van der Waals surface area contributed by atoms with E-state index in [2.05, 4.69) is 17.1 Å². The van der Waals surface area contributed by atoms with E-state index in [4.69, 9.17) is 10.5 Å². The van der Waals surface area contributed by atoms with Crippen molar-refractivity contribution < 1.29 is 19.1 Å². The number of carbonyl (C=O) groups excluding carboxylic acids is 3. The number of fused-ring (bicyclic) bond motifs is 1. The predicted molar refractivity (Wildman–Crippen MR) is 133 cm³/mol. The number of primary amides is 1. The Labute approximate surface area is 206 Å². The van der Waals surface area contributed by atoms with Gasteiger partial charge in [-0.2, -0.15) is 0 Å². The van der Waals surface area contributed by atoms with Crippen LogP contribution in [0, 0.1) is 6.92 Å². The molecule has 3 amide bonds. The molecule has 0 radical (unpaired) electrons. The van der Waals surface area contributed by atoms with Crippen LogP contribution in [0.3, 0.4) is 0 Å². The number of nitrogens with zero attached hydrogens (tertiary/aromatic N) is 2. The fourth-order valence-corrected chi connectivity index (χ4v) is 4.74. The summed E-state index contributed by atoms with van der Waals surface area (Å²) in [6.07, 6.45) is 2.83. The van der Waals surface area contributed by atoms with Crippen LogP contribution in [-0.2, 0) is 24.3 Å². The van der Waals surface area contributed by atoms with Crippen LogP contribution in [0.2, 0.25) is 0 Å². The third-order valence-electron chi connectivity index (χ3n) is 6.81. The summed E-state index contributed by atoms with van der Waals surface area (Å²) in [5.41, 5.74) is 10.5. The molecule has 0 saturated carbocycles. The summed E-state index contributed by atoms with van der Waals surface area (Å²) in [7, 11) is 0. The molecule has 8 nitrogen and oxygen atoms in total. The molecule has 186 valence electrons. The van der Waals surface area contributed by atoms with Gasteiger partial charge in [-0.25, -0.2) is 0 Å². The molecule has 1 saturated heterocycles. The maximum absolute atomic E-state index is 13.4. The van der Waals surface area contributed by atoms with Gasteiger partial charge in [0.05, 0.1) is 6.54 Å². The average molecular weight is 479 g/mol. The molecule has 2 aromatic carbocycles. The lowest BCUT2D eigenvalue weighted by atomic mass is 9.94. The van der Waals surface area contributed by atoms with Gasteiger partial charge in [0.2, 0.25) is 11.8 Å². The van der Waals surface area contributed by atoms with Gasteiger partial charge in [0.15, 0.2) is 0 Å². The normalized spacial score (nSPS) is 15.6. The standard InChI is InChI=1S/C27H34N4O4/c1-3-4-5-19-12-21(14-24(18(19)2)26(28)33)27(34)31-15-20-6-7-23(13-22(20)16-31)35-11-10-30-9-8-29-25(32)17-30/h6-7,12-14H,3-5,8-11,15-17H2,1-2H3,(H2,28,33)(H,29,32). The second kappa shape index (κ2) is 10.9. The molecule has 4 rings (SSSR count). The summed E-state index contributed by atoms with van der Waals surface area (Å²) in [4.78, 5) is 40.8. The van der Waals surface area contributed by atoms with Crippen LogP contribution in [0.25, 0.3) is 0 Å². The number of unbranched alkanes of at least 4 members (excludes halogenated alkanes) is 1. The molecule has 2 heterocycles. The number of carbonyl (C=O) groups is 3. The van der Waals surface area contributed by atoms with E-state index in [1.807, 2.05) is 31.2 Å². The van der Waals surface area contributed by atoms with Gasteiger partial charge in [-0.1, -0.05) is 19.4 Å². The summed E-state index contributed by atoms with van der Waals surface area (Å²) in [6.45, 7) is 8.10. The Balaban J connectivity index is 1.42. The van der Waals surface area contributed by atoms with Crippen molar-refractivity contribution in [2.45, 2.75) is 46.2 Å². The third-order valence-corrected chi connectivity index (χ3v) is 6.81. The number of rotatable bonds is 9. The maximum atomic E-state index is 13.4. The summed E-state index contributed by atoms with van der Waals surface area (Å²) >= 11 is 0. The molecule has 0 unspecified atom stereocenters. The molecule has 0 atom stereocenters. The molecule has 2 aliphatic heterocycles. The number of hydrogen-bond donors (Lipinski definition) is 2. The number of piperazine rings is 1. The van der Waals surface area contributed by atoms with E-state index in [0.717, 1.165) is 53.8 Å². The smallest absolute Gasteiger partial charge is 0.254 e. The van der Waals surface area contributed by atoms with Crippen molar-refractivity contribution in [1.29, 1.82) is 0 Å². The van der Waals surface area contributed by atoms with Crippen LogP contribution in [-0.4, -0.2) is 60.3 Å². The zero-order valence-corrected chi connectivity index (χ0v) is 20.6. The molecule has 2 aromatic rings. The number of nitrogens with one attached hydrogen (secondary N) is 1. The molecule has 0 aromatic heterocycles. The minimum Gasteiger partial charge on any atom is -0.492 e. The summed E-state index contributed by atoms with van der Waals surface area (Å²) in [6, 6.07) is 9.47. The first-order chi connectivity index (χ1) is 16.9. The van der Waals surface area contributed by atoms with Crippen molar-refractivity contribution in [3.63, 3.8) is 0 Å². The molecular weight excluding hydrogens is 444 g/mol. The Hall–Kier alpha value is -3.39. The van der Waals surface area contributed by atoms with Crippen LogP contribution in [0.5, 0.6) is 5.75 Å². The average Bonchev–Trinajstić information content (AvgIpc) is 3.26. The Morgan fingerprint density at radius 3 is 2.66 bits per heavy atom. The van der Waals surface area contributed by atoms with Crippen molar-refractivity contribution in [3.05, 3.63) is 63.7 Å². The highest BCUT2D eigenvalue weighted by Gasteiger charge is 2.26. The quantitative estimate of drug-likeness (QED) is 0.576. The second-order valence-corrected chi connectivity index (χ2v) is 9.34. The second-order valence-electron chi connectivity index (χ2n) is 9.34. The Morgan fingerprint density at radius 2 is 1.91 bits per heavy atom. The zero-order chi connectivity index (χ0) is 24.9. The molecule has 0 aliphatic carbocycles. The first-order valence-corrected chi connectivity index (χ1v) is 12.3. The van der Waals surface area contributed by atoms with Gasteiger partial charge in [0.1, 0.15) is 12.4 Å². The van der Waals surface area contributed by atoms with Gasteiger partial charge < -0.3 is 20.7 Å². The lowest BCUT2D eigenvalue weighted by Crippen LogP contribution is -2.48. The van der Waals surface area contributed by atoms with E-state index in [1.54, 1.807) is 11.0 Å². The van der Waals surface area contributed by atoms with Crippen LogP contribution >= 0.6 is 0 Å². The Kier molecular flexibility index (Phi) is 7.70. The molecule has 0 spiro atoms. The summed E-state index contributed by atoms with van der Waals surface area (Å²) in [5.74, 6) is 0.194. The van der Waals surface area contributed by atoms with Crippen LogP contribution in [0.4, 0.5) is 0 Å². The lowest BCUT2D eigenvalue weighted by Gasteiger charge is -2.26. The molecular formula is C27H34N4O4. The van der Waals surface area contributed by atoms with Crippen molar-refractivity contribution >= 4 is 17.7 Å². The minimum absolute atomic E-state index is 0.0487. The fraction of sp³-hybridized carbons (Fsp3) is 0.444. The number of benzene rings is 2. The lowest BCUT2D eigenvalue weighted by molar-refractivity contribution is -0.124. The highest BCUT2D eigenvalue weighted by atomic mass is 16.5. The van der Waals surface area contributed by atoms with E-state index in [1.165, 1.54) is 0 Å². The highest BCUT2D eigenvalue weighted by molar-refractivity contribution is 6.00. The zero-order valence-electron chi connectivity index (χ0n) is 20.6.